The van der Waals surface area contributed by atoms with Crippen LogP contribution < -0.4 is 10.2 Å². The van der Waals surface area contributed by atoms with E-state index in [-0.39, 0.29) is 17.6 Å². The molecule has 0 aromatic heterocycles. The maximum absolute atomic E-state index is 12.0. The summed E-state index contributed by atoms with van der Waals surface area (Å²) in [6.45, 7) is 5.98. The SMILES string of the molecule is CC(C)(C)c1cc(Br)ccc1OCC(=O)N/N=C/c1ccccc1C(=O)O. The second-order valence-corrected chi connectivity index (χ2v) is 7.78. The summed E-state index contributed by atoms with van der Waals surface area (Å²) in [7, 11) is 0. The highest BCUT2D eigenvalue weighted by Crippen LogP contribution is 2.33. The normalized spacial score (nSPS) is 11.4. The number of nitrogens with one attached hydrogen (secondary N) is 1. The van der Waals surface area contributed by atoms with Crippen LogP contribution in [0.25, 0.3) is 0 Å². The summed E-state index contributed by atoms with van der Waals surface area (Å²) in [5.41, 5.74) is 3.68. The Hall–Kier alpha value is -2.67. The Balaban J connectivity index is 1.99. The minimum absolute atomic E-state index is 0.108. The molecule has 0 saturated carbocycles. The number of ether oxygens (including phenoxy) is 1. The predicted octanol–water partition coefficient (Wildman–Crippen LogP) is 3.97. The zero-order chi connectivity index (χ0) is 20.0. The van der Waals surface area contributed by atoms with E-state index in [9.17, 15) is 9.59 Å². The summed E-state index contributed by atoms with van der Waals surface area (Å²) >= 11 is 3.45. The van der Waals surface area contributed by atoms with Gasteiger partial charge < -0.3 is 9.84 Å². The van der Waals surface area contributed by atoms with Crippen LogP contribution in [0, 0.1) is 0 Å². The Morgan fingerprint density at radius 1 is 1.22 bits per heavy atom. The highest BCUT2D eigenvalue weighted by molar-refractivity contribution is 9.10. The molecule has 0 aliphatic carbocycles. The number of carbonyl (C=O) groups is 2. The summed E-state index contributed by atoms with van der Waals surface area (Å²) in [5, 5.41) is 12.9. The topological polar surface area (TPSA) is 88.0 Å². The molecule has 0 saturated heterocycles. The predicted molar refractivity (Wildman–Crippen MR) is 107 cm³/mol. The van der Waals surface area contributed by atoms with Crippen LogP contribution in [-0.2, 0) is 10.2 Å². The van der Waals surface area contributed by atoms with Crippen molar-refractivity contribution < 1.29 is 19.4 Å². The first-order chi connectivity index (χ1) is 12.7. The van der Waals surface area contributed by atoms with Crippen molar-refractivity contribution in [2.24, 2.45) is 5.10 Å². The van der Waals surface area contributed by atoms with Crippen LogP contribution in [0.15, 0.2) is 52.0 Å². The van der Waals surface area contributed by atoms with Crippen LogP contribution in [0.3, 0.4) is 0 Å². The lowest BCUT2D eigenvalue weighted by molar-refractivity contribution is -0.123. The minimum Gasteiger partial charge on any atom is -0.483 e. The number of rotatable bonds is 6. The van der Waals surface area contributed by atoms with Crippen molar-refractivity contribution >= 4 is 34.0 Å². The van der Waals surface area contributed by atoms with Gasteiger partial charge in [0.25, 0.3) is 5.91 Å². The van der Waals surface area contributed by atoms with Crippen molar-refractivity contribution in [3.05, 3.63) is 63.6 Å². The van der Waals surface area contributed by atoms with E-state index in [4.69, 9.17) is 9.84 Å². The number of amides is 1. The molecule has 0 aliphatic rings. The quantitative estimate of drug-likeness (QED) is 0.533. The van der Waals surface area contributed by atoms with Crippen molar-refractivity contribution in [3.8, 4) is 5.75 Å². The van der Waals surface area contributed by atoms with Crippen molar-refractivity contribution in [1.29, 1.82) is 0 Å². The van der Waals surface area contributed by atoms with Gasteiger partial charge in [0.15, 0.2) is 6.61 Å². The second kappa shape index (κ2) is 8.81. The van der Waals surface area contributed by atoms with E-state index in [2.05, 4.69) is 47.2 Å². The molecule has 2 aromatic carbocycles. The highest BCUT2D eigenvalue weighted by atomic mass is 79.9. The van der Waals surface area contributed by atoms with E-state index in [0.29, 0.717) is 11.3 Å². The third-order valence-electron chi connectivity index (χ3n) is 3.69. The number of nitrogens with zero attached hydrogens (tertiary/aromatic N) is 1. The molecule has 0 atom stereocenters. The van der Waals surface area contributed by atoms with E-state index in [1.54, 1.807) is 18.2 Å². The van der Waals surface area contributed by atoms with Gasteiger partial charge in [-0.2, -0.15) is 5.10 Å². The molecular weight excluding hydrogens is 412 g/mol. The Morgan fingerprint density at radius 2 is 1.93 bits per heavy atom. The van der Waals surface area contributed by atoms with Gasteiger partial charge >= 0.3 is 5.97 Å². The molecule has 0 bridgehead atoms. The molecule has 6 nitrogen and oxygen atoms in total. The molecule has 1 amide bonds. The van der Waals surface area contributed by atoms with Gasteiger partial charge in [0.2, 0.25) is 0 Å². The molecule has 0 spiro atoms. The van der Waals surface area contributed by atoms with Crippen molar-refractivity contribution in [2.75, 3.05) is 6.61 Å². The first-order valence-corrected chi connectivity index (χ1v) is 9.05. The van der Waals surface area contributed by atoms with E-state index in [0.717, 1.165) is 10.0 Å². The molecule has 142 valence electrons. The number of halogens is 1. The summed E-state index contributed by atoms with van der Waals surface area (Å²) in [4.78, 5) is 23.1. The zero-order valence-corrected chi connectivity index (χ0v) is 16.9. The molecular formula is C20H21BrN2O4. The average molecular weight is 433 g/mol. The highest BCUT2D eigenvalue weighted by Gasteiger charge is 2.20. The van der Waals surface area contributed by atoms with E-state index in [1.165, 1.54) is 12.3 Å². The lowest BCUT2D eigenvalue weighted by Crippen LogP contribution is -2.25. The molecule has 2 rings (SSSR count). The standard InChI is InChI=1S/C20H21BrN2O4/c1-20(2,3)16-10-14(21)8-9-17(16)27-12-18(24)23-22-11-13-6-4-5-7-15(13)19(25)26/h4-11H,12H2,1-3H3,(H,23,24)(H,25,26)/b22-11+. The third-order valence-corrected chi connectivity index (χ3v) is 4.19. The fourth-order valence-electron chi connectivity index (χ4n) is 2.37. The minimum atomic E-state index is -1.06. The lowest BCUT2D eigenvalue weighted by atomic mass is 9.86. The van der Waals surface area contributed by atoms with E-state index >= 15 is 0 Å². The second-order valence-electron chi connectivity index (χ2n) is 6.86. The van der Waals surface area contributed by atoms with Gasteiger partial charge in [0, 0.05) is 15.6 Å². The van der Waals surface area contributed by atoms with Crippen LogP contribution in [0.1, 0.15) is 42.3 Å². The Labute approximate surface area is 166 Å². The number of aromatic carboxylic acids is 1. The molecule has 0 radical (unpaired) electrons. The zero-order valence-electron chi connectivity index (χ0n) is 15.3. The molecule has 7 heteroatoms. The monoisotopic (exact) mass is 432 g/mol. The van der Waals surface area contributed by atoms with Gasteiger partial charge in [-0.3, -0.25) is 4.79 Å². The van der Waals surface area contributed by atoms with Crippen LogP contribution in [0.5, 0.6) is 5.75 Å². The van der Waals surface area contributed by atoms with Crippen molar-refractivity contribution in [3.63, 3.8) is 0 Å². The summed E-state index contributed by atoms with van der Waals surface area (Å²) in [6.07, 6.45) is 1.29. The largest absolute Gasteiger partial charge is 0.483 e. The van der Waals surface area contributed by atoms with Gasteiger partial charge in [-0.15, -0.1) is 0 Å². The number of hydrogen-bond donors (Lipinski definition) is 2. The maximum Gasteiger partial charge on any atom is 0.336 e. The summed E-state index contributed by atoms with van der Waals surface area (Å²) in [6, 6.07) is 12.0. The van der Waals surface area contributed by atoms with Gasteiger partial charge in [0.1, 0.15) is 5.75 Å². The van der Waals surface area contributed by atoms with Crippen LogP contribution >= 0.6 is 15.9 Å². The van der Waals surface area contributed by atoms with Gasteiger partial charge in [0.05, 0.1) is 11.8 Å². The Kier molecular flexibility index (Phi) is 6.74. The lowest BCUT2D eigenvalue weighted by Gasteiger charge is -2.23. The van der Waals surface area contributed by atoms with E-state index < -0.39 is 11.9 Å². The molecule has 0 fully saturated rings. The number of hydrogen-bond acceptors (Lipinski definition) is 4. The average Bonchev–Trinajstić information content (AvgIpc) is 2.60. The summed E-state index contributed by atoms with van der Waals surface area (Å²) < 4.78 is 6.58. The fourth-order valence-corrected chi connectivity index (χ4v) is 2.73. The Bertz CT molecular complexity index is 873. The first-order valence-electron chi connectivity index (χ1n) is 8.25. The van der Waals surface area contributed by atoms with Crippen molar-refractivity contribution in [1.82, 2.24) is 5.43 Å². The number of carboxylic acids is 1. The first kappa shape index (κ1) is 20.6. The molecule has 2 N–H and O–H groups in total. The van der Waals surface area contributed by atoms with E-state index in [1.807, 2.05) is 18.2 Å². The fraction of sp³-hybridized carbons (Fsp3) is 0.250. The smallest absolute Gasteiger partial charge is 0.336 e. The van der Waals surface area contributed by atoms with Gasteiger partial charge in [-0.1, -0.05) is 54.9 Å². The molecule has 0 unspecified atom stereocenters. The number of carboxylic acid groups (broad SMARTS) is 1. The maximum atomic E-state index is 12.0. The molecule has 0 heterocycles. The third kappa shape index (κ3) is 5.92. The van der Waals surface area contributed by atoms with Crippen LogP contribution in [0.2, 0.25) is 0 Å². The number of benzene rings is 2. The van der Waals surface area contributed by atoms with Crippen molar-refractivity contribution in [2.45, 2.75) is 26.2 Å². The van der Waals surface area contributed by atoms with Gasteiger partial charge in [-0.05, 0) is 29.7 Å². The Morgan fingerprint density at radius 3 is 2.59 bits per heavy atom. The molecule has 2 aromatic rings. The molecule has 0 aliphatic heterocycles. The van der Waals surface area contributed by atoms with Gasteiger partial charge in [-0.25, -0.2) is 10.2 Å². The van der Waals surface area contributed by atoms with Crippen LogP contribution in [0.4, 0.5) is 0 Å². The number of carbonyl (C=O) groups excluding carboxylic acids is 1. The number of hydrazone groups is 1. The molecule has 27 heavy (non-hydrogen) atoms. The summed E-state index contributed by atoms with van der Waals surface area (Å²) in [5.74, 6) is -0.875. The van der Waals surface area contributed by atoms with Crippen LogP contribution in [-0.4, -0.2) is 29.8 Å².